The van der Waals surface area contributed by atoms with Crippen LogP contribution in [-0.4, -0.2) is 24.3 Å². The minimum atomic E-state index is -0.193. The molecule has 2 saturated heterocycles. The Morgan fingerprint density at radius 3 is 2.82 bits per heavy atom. The minimum Gasteiger partial charge on any atom is -0.373 e. The summed E-state index contributed by atoms with van der Waals surface area (Å²) >= 11 is 0. The van der Waals surface area contributed by atoms with E-state index in [1.54, 1.807) is 0 Å². The topological polar surface area (TPSA) is 84.0 Å². The summed E-state index contributed by atoms with van der Waals surface area (Å²) in [5.74, 6) is 0. The third-order valence-corrected chi connectivity index (χ3v) is 2.44. The summed E-state index contributed by atoms with van der Waals surface area (Å²) in [5, 5.41) is 3.49. The van der Waals surface area contributed by atoms with Crippen LogP contribution in [0.1, 0.15) is 12.8 Å². The molecule has 0 aromatic rings. The summed E-state index contributed by atoms with van der Waals surface area (Å²) in [6.07, 6.45) is 1.69. The predicted octanol–water partition coefficient (Wildman–Crippen LogP) is 0.557. The first-order valence-corrected chi connectivity index (χ1v) is 3.62. The molecule has 2 N–H and O–H groups in total. The van der Waals surface area contributed by atoms with Crippen LogP contribution in [0, 0.1) is 0 Å². The number of hydrogen-bond acceptors (Lipinski definition) is 3. The van der Waals surface area contributed by atoms with Gasteiger partial charge in [-0.2, -0.15) is 0 Å². The van der Waals surface area contributed by atoms with Crippen molar-refractivity contribution in [3.05, 3.63) is 10.4 Å². The molecule has 0 aromatic heterocycles. The summed E-state index contributed by atoms with van der Waals surface area (Å²) in [7, 11) is 0. The van der Waals surface area contributed by atoms with Gasteiger partial charge in [-0.1, -0.05) is 5.11 Å². The van der Waals surface area contributed by atoms with Crippen molar-refractivity contribution < 1.29 is 4.74 Å². The smallest absolute Gasteiger partial charge is 0.0776 e. The Kier molecular flexibility index (Phi) is 1.18. The second-order valence-electron chi connectivity index (χ2n) is 3.58. The van der Waals surface area contributed by atoms with Crippen LogP contribution in [0.5, 0.6) is 0 Å². The molecule has 3 aliphatic rings. The third-order valence-electron chi connectivity index (χ3n) is 2.44. The quantitative estimate of drug-likeness (QED) is 0.358. The third kappa shape index (κ3) is 0.894. The molecule has 1 saturated carbocycles. The van der Waals surface area contributed by atoms with E-state index in [-0.39, 0.29) is 11.1 Å². The van der Waals surface area contributed by atoms with Crippen molar-refractivity contribution in [1.29, 1.82) is 0 Å². The normalized spacial score (nSPS) is 46.3. The molecule has 0 radical (unpaired) electrons. The second kappa shape index (κ2) is 1.88. The van der Waals surface area contributed by atoms with Gasteiger partial charge in [0.1, 0.15) is 0 Å². The van der Waals surface area contributed by atoms with E-state index < -0.39 is 0 Å². The first-order chi connectivity index (χ1) is 5.18. The fraction of sp³-hybridized carbons (Fsp3) is 1.00. The molecule has 0 aromatic carbocycles. The van der Waals surface area contributed by atoms with Gasteiger partial charge in [0, 0.05) is 10.5 Å². The number of nitrogens with zero attached hydrogens (tertiary/aromatic N) is 3. The van der Waals surface area contributed by atoms with E-state index in [2.05, 4.69) is 10.0 Å². The van der Waals surface area contributed by atoms with Gasteiger partial charge in [-0.25, -0.2) is 0 Å². The van der Waals surface area contributed by atoms with Gasteiger partial charge in [-0.3, -0.25) is 0 Å². The monoisotopic (exact) mass is 154 g/mol. The van der Waals surface area contributed by atoms with E-state index in [1.165, 1.54) is 0 Å². The van der Waals surface area contributed by atoms with Gasteiger partial charge >= 0.3 is 0 Å². The summed E-state index contributed by atoms with van der Waals surface area (Å²) < 4.78 is 5.43. The van der Waals surface area contributed by atoms with Gasteiger partial charge in [0.15, 0.2) is 0 Å². The van der Waals surface area contributed by atoms with Crippen molar-refractivity contribution in [2.45, 2.75) is 24.0 Å². The first kappa shape index (κ1) is 6.91. The Bertz CT molecular complexity index is 227. The summed E-state index contributed by atoms with van der Waals surface area (Å²) in [5.41, 5.74) is 13.6. The molecule has 60 valence electrons. The van der Waals surface area contributed by atoms with E-state index >= 15 is 0 Å². The van der Waals surface area contributed by atoms with Crippen LogP contribution in [0.3, 0.4) is 0 Å². The van der Waals surface area contributed by atoms with Crippen molar-refractivity contribution in [1.82, 2.24) is 0 Å². The highest BCUT2D eigenvalue weighted by atomic mass is 16.5. The van der Waals surface area contributed by atoms with Gasteiger partial charge in [-0.15, -0.1) is 0 Å². The maximum absolute atomic E-state index is 8.09. The molecular weight excluding hydrogens is 144 g/mol. The fourth-order valence-electron chi connectivity index (χ4n) is 2.05. The summed E-state index contributed by atoms with van der Waals surface area (Å²) in [6.45, 7) is 1.05. The molecule has 3 fully saturated rings. The Labute approximate surface area is 64.1 Å². The number of fused-ring (bicyclic) bond motifs is 1. The molecule has 0 amide bonds. The van der Waals surface area contributed by atoms with Gasteiger partial charge in [-0.05, 0) is 18.4 Å². The van der Waals surface area contributed by atoms with Gasteiger partial charge in [0.25, 0.3) is 0 Å². The molecule has 5 heteroatoms. The van der Waals surface area contributed by atoms with Crippen molar-refractivity contribution in [2.24, 2.45) is 10.8 Å². The minimum absolute atomic E-state index is 0.106. The molecule has 5 nitrogen and oxygen atoms in total. The SMILES string of the molecule is [N-]=[N+]=NCC12CC(N)(CO1)C2. The molecule has 11 heavy (non-hydrogen) atoms. The van der Waals surface area contributed by atoms with E-state index in [0.717, 1.165) is 12.8 Å². The molecule has 1 aliphatic carbocycles. The number of nitrogens with two attached hydrogens (primary N) is 1. The van der Waals surface area contributed by atoms with Crippen molar-refractivity contribution in [2.75, 3.05) is 13.2 Å². The predicted molar refractivity (Wildman–Crippen MR) is 38.8 cm³/mol. The van der Waals surface area contributed by atoms with Crippen LogP contribution in [0.15, 0.2) is 5.11 Å². The maximum Gasteiger partial charge on any atom is 0.0776 e. The van der Waals surface area contributed by atoms with Crippen LogP contribution in [-0.2, 0) is 4.74 Å². The molecule has 2 bridgehead atoms. The molecule has 0 spiro atoms. The highest BCUT2D eigenvalue weighted by Crippen LogP contribution is 2.49. The molecule has 3 rings (SSSR count). The highest BCUT2D eigenvalue weighted by molar-refractivity contribution is 5.16. The average molecular weight is 154 g/mol. The second-order valence-corrected chi connectivity index (χ2v) is 3.58. The van der Waals surface area contributed by atoms with E-state index in [4.69, 9.17) is 16.0 Å². The fourth-order valence-corrected chi connectivity index (χ4v) is 2.05. The van der Waals surface area contributed by atoms with Crippen LogP contribution in [0.25, 0.3) is 10.4 Å². The highest BCUT2D eigenvalue weighted by Gasteiger charge is 2.59. The summed E-state index contributed by atoms with van der Waals surface area (Å²) in [4.78, 5) is 2.70. The first-order valence-electron chi connectivity index (χ1n) is 3.62. The van der Waals surface area contributed by atoms with Crippen molar-refractivity contribution in [3.63, 3.8) is 0 Å². The van der Waals surface area contributed by atoms with Crippen molar-refractivity contribution in [3.8, 4) is 0 Å². The lowest BCUT2D eigenvalue weighted by Gasteiger charge is -2.41. The summed E-state index contributed by atoms with van der Waals surface area (Å²) in [6, 6.07) is 0. The Morgan fingerprint density at radius 2 is 2.36 bits per heavy atom. The van der Waals surface area contributed by atoms with E-state index in [1.807, 2.05) is 0 Å². The molecule has 2 aliphatic heterocycles. The number of hydrogen-bond donors (Lipinski definition) is 1. The maximum atomic E-state index is 8.09. The van der Waals surface area contributed by atoms with Crippen LogP contribution in [0.2, 0.25) is 0 Å². The zero-order valence-electron chi connectivity index (χ0n) is 6.16. The lowest BCUT2D eigenvalue weighted by molar-refractivity contribution is 0.00736. The average Bonchev–Trinajstić information content (AvgIpc) is 2.38. The lowest BCUT2D eigenvalue weighted by atomic mass is 9.69. The number of ether oxygens (including phenoxy) is 1. The van der Waals surface area contributed by atoms with Crippen molar-refractivity contribution >= 4 is 0 Å². The lowest BCUT2D eigenvalue weighted by Crippen LogP contribution is -2.56. The molecular formula is C6H10N4O. The van der Waals surface area contributed by atoms with Gasteiger partial charge < -0.3 is 10.5 Å². The van der Waals surface area contributed by atoms with E-state index in [9.17, 15) is 0 Å². The van der Waals surface area contributed by atoms with Gasteiger partial charge in [0.05, 0.1) is 18.8 Å². The van der Waals surface area contributed by atoms with Crippen LogP contribution in [0.4, 0.5) is 0 Å². The largest absolute Gasteiger partial charge is 0.373 e. The Morgan fingerprint density at radius 1 is 1.64 bits per heavy atom. The standard InChI is InChI=1S/C6H10N4O/c7-5-1-6(2-5,11-4-5)3-9-10-8/h1-4,7H2. The number of azide groups is 1. The zero-order chi connectivity index (χ0) is 7.95. The Hall–Kier alpha value is -0.770. The van der Waals surface area contributed by atoms with E-state index in [0.29, 0.717) is 13.2 Å². The van der Waals surface area contributed by atoms with Gasteiger partial charge in [0.2, 0.25) is 0 Å². The Balaban J connectivity index is 2.02. The zero-order valence-corrected chi connectivity index (χ0v) is 6.16. The molecule has 2 heterocycles. The molecule has 0 unspecified atom stereocenters. The van der Waals surface area contributed by atoms with Crippen LogP contribution >= 0.6 is 0 Å². The molecule has 0 atom stereocenters. The van der Waals surface area contributed by atoms with Crippen LogP contribution < -0.4 is 5.73 Å². The number of rotatable bonds is 2.